The number of carboxylic acids is 1. The Balaban J connectivity index is 0. The minimum absolute atomic E-state index is 0.552. The summed E-state index contributed by atoms with van der Waals surface area (Å²) in [6, 6.07) is -0.683. The van der Waals surface area contributed by atoms with E-state index < -0.39 is 32.1 Å². The molecule has 0 aliphatic carbocycles. The van der Waals surface area contributed by atoms with Gasteiger partial charge in [0.15, 0.2) is 0 Å². The molecule has 3 N–H and O–H groups in total. The summed E-state index contributed by atoms with van der Waals surface area (Å²) in [7, 11) is -4.09. The molecule has 0 saturated heterocycles. The highest BCUT2D eigenvalue weighted by Crippen LogP contribution is 1.97. The molecule has 1 atom stereocenters. The molecule has 0 aromatic carbocycles. The number of hydrogen-bond donors (Lipinski definition) is 2. The molecule has 0 aromatic heterocycles. The van der Waals surface area contributed by atoms with E-state index in [9.17, 15) is 22.8 Å². The molecule has 18 heavy (non-hydrogen) atoms. The lowest BCUT2D eigenvalue weighted by molar-refractivity contribution is -0.138. The zero-order valence-electron chi connectivity index (χ0n) is 10.4. The number of nitrogens with two attached hydrogens (primary N) is 1. The van der Waals surface area contributed by atoms with Crippen LogP contribution in [0.15, 0.2) is 0 Å². The number of rotatable bonds is 4. The van der Waals surface area contributed by atoms with E-state index in [0.717, 1.165) is 19.6 Å². The van der Waals surface area contributed by atoms with Crippen LogP contribution in [0.1, 0.15) is 20.3 Å². The third-order valence-electron chi connectivity index (χ3n) is 1.71. The van der Waals surface area contributed by atoms with Crippen LogP contribution >= 0.6 is 11.8 Å². The molecule has 0 unspecified atom stereocenters. The molecule has 0 radical (unpaired) electrons. The van der Waals surface area contributed by atoms with E-state index in [1.165, 1.54) is 0 Å². The molecule has 0 saturated carbocycles. The van der Waals surface area contributed by atoms with Crippen molar-refractivity contribution in [1.29, 1.82) is 0 Å². The van der Waals surface area contributed by atoms with Crippen molar-refractivity contribution in [1.82, 2.24) is 0 Å². The Hall–Kier alpha value is -0.930. The van der Waals surface area contributed by atoms with Crippen LogP contribution in [-0.2, 0) is 24.2 Å². The van der Waals surface area contributed by atoms with Gasteiger partial charge < -0.3 is 10.8 Å². The number of hydrogen-bond acceptors (Lipinski definition) is 7. The fourth-order valence-corrected chi connectivity index (χ4v) is 1.47. The Morgan fingerprint density at radius 2 is 1.61 bits per heavy atom. The van der Waals surface area contributed by atoms with Crippen LogP contribution in [0.4, 0.5) is 0 Å². The number of carbonyl (C=O) groups excluding carboxylic acids is 2. The Morgan fingerprint density at radius 3 is 1.78 bits per heavy atom. The molecule has 0 aliphatic heterocycles. The van der Waals surface area contributed by atoms with Gasteiger partial charge in [0.1, 0.15) is 6.04 Å². The second-order valence-electron chi connectivity index (χ2n) is 3.21. The Morgan fingerprint density at radius 1 is 1.22 bits per heavy atom. The molecule has 106 valence electrons. The van der Waals surface area contributed by atoms with Gasteiger partial charge in [-0.3, -0.25) is 14.4 Å². The first-order valence-electron chi connectivity index (χ1n) is 4.80. The van der Waals surface area contributed by atoms with Crippen LogP contribution in [0, 0.1) is 0 Å². The van der Waals surface area contributed by atoms with Gasteiger partial charge >= 0.3 is 5.97 Å². The second-order valence-corrected chi connectivity index (χ2v) is 6.36. The Labute approximate surface area is 110 Å². The van der Waals surface area contributed by atoms with Gasteiger partial charge in [-0.2, -0.15) is 11.8 Å². The zero-order chi connectivity index (χ0) is 14.9. The first kappa shape index (κ1) is 19.4. The fourth-order valence-electron chi connectivity index (χ4n) is 0.571. The monoisotopic (exact) mass is 299 g/mol. The lowest BCUT2D eigenvalue weighted by Gasteiger charge is -2.02. The molecular weight excluding hydrogens is 282 g/mol. The topological polar surface area (TPSA) is 132 Å². The summed E-state index contributed by atoms with van der Waals surface area (Å²) >= 11 is 1.60. The molecule has 0 bridgehead atoms. The van der Waals surface area contributed by atoms with Crippen molar-refractivity contribution in [2.75, 3.05) is 12.0 Å². The summed E-state index contributed by atoms with van der Waals surface area (Å²) in [6.45, 7) is 1.69. The van der Waals surface area contributed by atoms with E-state index in [0.29, 0.717) is 6.42 Å². The molecule has 0 aliphatic rings. The highest BCUT2D eigenvalue weighted by molar-refractivity contribution is 8.18. The van der Waals surface area contributed by atoms with Gasteiger partial charge in [0, 0.05) is 13.8 Å². The van der Waals surface area contributed by atoms with Gasteiger partial charge in [-0.05, 0) is 18.4 Å². The van der Waals surface area contributed by atoms with Crippen molar-refractivity contribution in [3.63, 3.8) is 0 Å². The quantitative estimate of drug-likeness (QED) is 0.719. The highest BCUT2D eigenvalue weighted by atomic mass is 32.2. The van der Waals surface area contributed by atoms with Gasteiger partial charge in [-0.25, -0.2) is 8.42 Å². The van der Waals surface area contributed by atoms with Gasteiger partial charge in [-0.1, -0.05) is 0 Å². The zero-order valence-corrected chi connectivity index (χ0v) is 12.0. The average molecular weight is 299 g/mol. The summed E-state index contributed by atoms with van der Waals surface area (Å²) in [5.74, 6) is -0.1000. The van der Waals surface area contributed by atoms with Crippen LogP contribution in [0.2, 0.25) is 0 Å². The van der Waals surface area contributed by atoms with Crippen LogP contribution in [0.25, 0.3) is 0 Å². The van der Waals surface area contributed by atoms with E-state index in [1.807, 2.05) is 6.26 Å². The maximum absolute atomic E-state index is 10.3. The molecule has 0 fully saturated rings. The fraction of sp³-hybridized carbons (Fsp3) is 0.667. The summed E-state index contributed by atoms with van der Waals surface area (Å²) in [5.41, 5.74) is 5.19. The standard InChI is InChI=1S/C5H11NO2S.C4H6O4S/c1-9-3-2-4(6)5(7)8;1-3(5)9(7,8)4(2)6/h4H,2-3,6H2,1H3,(H,7,8);1-2H3/t4-;/m0./s1. The largest absolute Gasteiger partial charge is 0.480 e. The normalized spacial score (nSPS) is 12.0. The number of carbonyl (C=O) groups is 3. The highest BCUT2D eigenvalue weighted by Gasteiger charge is 2.22. The molecule has 0 rings (SSSR count). The lowest BCUT2D eigenvalue weighted by atomic mass is 10.2. The van der Waals surface area contributed by atoms with Crippen LogP contribution in [0.3, 0.4) is 0 Å². The summed E-state index contributed by atoms with van der Waals surface area (Å²) in [6.07, 6.45) is 2.48. The van der Waals surface area contributed by atoms with Gasteiger partial charge in [0.05, 0.1) is 0 Å². The first-order chi connectivity index (χ1) is 8.07. The molecule has 9 heteroatoms. The number of thioether (sulfide) groups is 1. The Bertz CT molecular complexity index is 383. The van der Waals surface area contributed by atoms with E-state index in [4.69, 9.17) is 10.8 Å². The number of sulfone groups is 1. The van der Waals surface area contributed by atoms with E-state index in [1.54, 1.807) is 11.8 Å². The third kappa shape index (κ3) is 8.20. The minimum Gasteiger partial charge on any atom is -0.480 e. The second kappa shape index (κ2) is 9.06. The molecule has 0 amide bonds. The van der Waals surface area contributed by atoms with Gasteiger partial charge in [0.25, 0.3) is 20.1 Å². The molecule has 7 nitrogen and oxygen atoms in total. The van der Waals surface area contributed by atoms with Gasteiger partial charge in [0.2, 0.25) is 0 Å². The van der Waals surface area contributed by atoms with Crippen molar-refractivity contribution in [2.24, 2.45) is 5.73 Å². The van der Waals surface area contributed by atoms with Crippen LogP contribution in [-0.4, -0.2) is 47.8 Å². The summed E-state index contributed by atoms with van der Waals surface area (Å²) in [4.78, 5) is 30.3. The number of carboxylic acid groups (broad SMARTS) is 1. The smallest absolute Gasteiger partial charge is 0.320 e. The Kier molecular flexibility index (Phi) is 9.77. The van der Waals surface area contributed by atoms with Crippen LogP contribution < -0.4 is 5.73 Å². The molecule has 0 heterocycles. The predicted molar refractivity (Wildman–Crippen MR) is 68.9 cm³/mol. The summed E-state index contributed by atoms with van der Waals surface area (Å²) in [5, 5.41) is 6.07. The van der Waals surface area contributed by atoms with Gasteiger partial charge in [-0.15, -0.1) is 0 Å². The average Bonchev–Trinajstić information content (AvgIpc) is 2.25. The van der Waals surface area contributed by atoms with Crippen molar-refractivity contribution in [3.05, 3.63) is 0 Å². The molecular formula is C9H17NO6S2. The minimum atomic E-state index is -4.09. The van der Waals surface area contributed by atoms with Crippen molar-refractivity contribution in [3.8, 4) is 0 Å². The van der Waals surface area contributed by atoms with Crippen molar-refractivity contribution >= 4 is 37.8 Å². The van der Waals surface area contributed by atoms with Crippen molar-refractivity contribution in [2.45, 2.75) is 26.3 Å². The van der Waals surface area contributed by atoms with E-state index >= 15 is 0 Å². The first-order valence-corrected chi connectivity index (χ1v) is 7.68. The van der Waals surface area contributed by atoms with Crippen LogP contribution in [0.5, 0.6) is 0 Å². The van der Waals surface area contributed by atoms with E-state index in [2.05, 4.69) is 0 Å². The third-order valence-corrected chi connectivity index (χ3v) is 3.86. The van der Waals surface area contributed by atoms with Crippen molar-refractivity contribution < 1.29 is 27.9 Å². The molecule has 0 spiro atoms. The van der Waals surface area contributed by atoms with E-state index in [-0.39, 0.29) is 0 Å². The maximum atomic E-state index is 10.3. The molecule has 0 aromatic rings. The SMILES string of the molecule is CC(=O)S(=O)(=O)C(C)=O.CSCC[C@H](N)C(=O)O. The summed E-state index contributed by atoms with van der Waals surface area (Å²) < 4.78 is 20.7. The predicted octanol–water partition coefficient (Wildman–Crippen LogP) is -0.354. The number of aliphatic carboxylic acids is 1. The maximum Gasteiger partial charge on any atom is 0.320 e. The lowest BCUT2D eigenvalue weighted by Crippen LogP contribution is -2.30.